The largest absolute Gasteiger partial charge is 0.337 e. The van der Waals surface area contributed by atoms with E-state index < -0.39 is 0 Å². The predicted molar refractivity (Wildman–Crippen MR) is 78.3 cm³/mol. The van der Waals surface area contributed by atoms with Gasteiger partial charge in [0.15, 0.2) is 0 Å². The van der Waals surface area contributed by atoms with Crippen molar-refractivity contribution in [3.63, 3.8) is 0 Å². The Labute approximate surface area is 118 Å². The van der Waals surface area contributed by atoms with Gasteiger partial charge in [-0.15, -0.1) is 11.3 Å². The summed E-state index contributed by atoms with van der Waals surface area (Å²) in [7, 11) is 1.89. The third kappa shape index (κ3) is 2.35. The number of fused-ring (bicyclic) bond motifs is 1. The van der Waals surface area contributed by atoms with Crippen molar-refractivity contribution < 1.29 is 4.79 Å². The molecule has 1 aromatic rings. The molecule has 0 saturated carbocycles. The van der Waals surface area contributed by atoms with Crippen molar-refractivity contribution in [1.82, 2.24) is 10.2 Å². The summed E-state index contributed by atoms with van der Waals surface area (Å²) in [4.78, 5) is 16.1. The second-order valence-corrected chi connectivity index (χ2v) is 6.20. The van der Waals surface area contributed by atoms with E-state index in [1.165, 1.54) is 10.4 Å². The Kier molecular flexibility index (Phi) is 3.71. The monoisotopic (exact) mass is 276 g/mol. The number of hydrogen-bond acceptors (Lipinski definition) is 3. The number of allylic oxidation sites excluding steroid dienone is 1. The molecule has 0 fully saturated rings. The molecule has 0 saturated heterocycles. The van der Waals surface area contributed by atoms with Crippen LogP contribution >= 0.6 is 11.3 Å². The molecule has 1 aliphatic heterocycles. The predicted octanol–water partition coefficient (Wildman–Crippen LogP) is 2.50. The summed E-state index contributed by atoms with van der Waals surface area (Å²) in [6.45, 7) is 0.860. The van der Waals surface area contributed by atoms with Gasteiger partial charge in [0.25, 0.3) is 0 Å². The van der Waals surface area contributed by atoms with Crippen LogP contribution in [0.2, 0.25) is 0 Å². The van der Waals surface area contributed by atoms with E-state index in [1.807, 2.05) is 7.05 Å². The minimum Gasteiger partial charge on any atom is -0.337 e. The molecule has 2 aliphatic rings. The standard InChI is InChI=1S/C15H20N2OS/c1-16-13-14-11(8-10-19-14)7-9-17(15(13)18)12-5-3-2-4-6-12/h2-3,8,10,12-13,16H,4-7,9H2,1H3. The smallest absolute Gasteiger partial charge is 0.245 e. The zero-order chi connectivity index (χ0) is 13.2. The molecular weight excluding hydrogens is 256 g/mol. The second-order valence-electron chi connectivity index (χ2n) is 5.25. The third-order valence-corrected chi connectivity index (χ3v) is 5.19. The molecule has 0 bridgehead atoms. The molecule has 1 N–H and O–H groups in total. The number of thiophene rings is 1. The summed E-state index contributed by atoms with van der Waals surface area (Å²) in [6.07, 6.45) is 8.65. The highest BCUT2D eigenvalue weighted by Crippen LogP contribution is 2.31. The summed E-state index contributed by atoms with van der Waals surface area (Å²) in [5, 5.41) is 5.30. The lowest BCUT2D eigenvalue weighted by Gasteiger charge is -2.33. The minimum absolute atomic E-state index is 0.150. The van der Waals surface area contributed by atoms with Crippen molar-refractivity contribution >= 4 is 17.2 Å². The summed E-state index contributed by atoms with van der Waals surface area (Å²) >= 11 is 1.70. The van der Waals surface area contributed by atoms with Crippen molar-refractivity contribution in [2.45, 2.75) is 37.8 Å². The first-order chi connectivity index (χ1) is 9.31. The maximum Gasteiger partial charge on any atom is 0.245 e. The number of hydrogen-bond donors (Lipinski definition) is 1. The lowest BCUT2D eigenvalue weighted by atomic mass is 9.99. The van der Waals surface area contributed by atoms with Crippen molar-refractivity contribution in [2.24, 2.45) is 0 Å². The summed E-state index contributed by atoms with van der Waals surface area (Å²) in [5.74, 6) is 0.254. The minimum atomic E-state index is -0.150. The summed E-state index contributed by atoms with van der Waals surface area (Å²) in [6, 6.07) is 2.41. The van der Waals surface area contributed by atoms with E-state index in [0.717, 1.165) is 32.2 Å². The maximum absolute atomic E-state index is 12.8. The highest BCUT2D eigenvalue weighted by Gasteiger charge is 2.34. The molecule has 0 radical (unpaired) electrons. The van der Waals surface area contributed by atoms with Gasteiger partial charge in [-0.05, 0) is 49.7 Å². The first-order valence-electron chi connectivity index (χ1n) is 7.00. The molecule has 2 heterocycles. The van der Waals surface area contributed by atoms with Gasteiger partial charge in [0.1, 0.15) is 6.04 Å². The quantitative estimate of drug-likeness (QED) is 0.842. The molecule has 3 rings (SSSR count). The van der Waals surface area contributed by atoms with Crippen LogP contribution < -0.4 is 5.32 Å². The second kappa shape index (κ2) is 5.47. The fourth-order valence-electron chi connectivity index (χ4n) is 3.11. The van der Waals surface area contributed by atoms with Gasteiger partial charge in [0.05, 0.1) is 0 Å². The normalized spacial score (nSPS) is 27.2. The molecule has 1 aliphatic carbocycles. The average molecular weight is 276 g/mol. The Morgan fingerprint density at radius 1 is 1.42 bits per heavy atom. The van der Waals surface area contributed by atoms with Gasteiger partial charge in [-0.1, -0.05) is 12.2 Å². The van der Waals surface area contributed by atoms with Crippen LogP contribution in [-0.4, -0.2) is 30.4 Å². The van der Waals surface area contributed by atoms with E-state index >= 15 is 0 Å². The Morgan fingerprint density at radius 3 is 3.05 bits per heavy atom. The van der Waals surface area contributed by atoms with Crippen LogP contribution in [0.4, 0.5) is 0 Å². The van der Waals surface area contributed by atoms with Crippen molar-refractivity contribution in [3.8, 4) is 0 Å². The van der Waals surface area contributed by atoms with Gasteiger partial charge < -0.3 is 10.2 Å². The van der Waals surface area contributed by atoms with E-state index in [-0.39, 0.29) is 11.9 Å². The van der Waals surface area contributed by atoms with E-state index in [1.54, 1.807) is 11.3 Å². The summed E-state index contributed by atoms with van der Waals surface area (Å²) < 4.78 is 0. The first-order valence-corrected chi connectivity index (χ1v) is 7.88. The van der Waals surface area contributed by atoms with Crippen molar-refractivity contribution in [2.75, 3.05) is 13.6 Å². The maximum atomic E-state index is 12.8. The highest BCUT2D eigenvalue weighted by atomic mass is 32.1. The molecule has 19 heavy (non-hydrogen) atoms. The van der Waals surface area contributed by atoms with Crippen LogP contribution in [0.15, 0.2) is 23.6 Å². The van der Waals surface area contributed by atoms with E-state index in [9.17, 15) is 4.79 Å². The molecule has 102 valence electrons. The van der Waals surface area contributed by atoms with E-state index in [0.29, 0.717) is 6.04 Å². The number of carbonyl (C=O) groups is 1. The molecule has 1 aromatic heterocycles. The van der Waals surface area contributed by atoms with Gasteiger partial charge in [0.2, 0.25) is 5.91 Å². The van der Waals surface area contributed by atoms with Crippen molar-refractivity contribution in [3.05, 3.63) is 34.0 Å². The Morgan fingerprint density at radius 2 is 2.32 bits per heavy atom. The molecule has 2 atom stereocenters. The first kappa shape index (κ1) is 12.9. The van der Waals surface area contributed by atoms with Gasteiger partial charge in [-0.3, -0.25) is 4.79 Å². The van der Waals surface area contributed by atoms with E-state index in [2.05, 4.69) is 33.8 Å². The Balaban J connectivity index is 1.87. The fourth-order valence-corrected chi connectivity index (χ4v) is 4.17. The summed E-state index contributed by atoms with van der Waals surface area (Å²) in [5.41, 5.74) is 1.34. The van der Waals surface area contributed by atoms with Gasteiger partial charge in [-0.25, -0.2) is 0 Å². The van der Waals surface area contributed by atoms with Crippen LogP contribution in [0, 0.1) is 0 Å². The number of nitrogens with one attached hydrogen (secondary N) is 1. The zero-order valence-corrected chi connectivity index (χ0v) is 12.1. The van der Waals surface area contributed by atoms with E-state index in [4.69, 9.17) is 0 Å². The van der Waals surface area contributed by atoms with Crippen LogP contribution in [0.1, 0.15) is 35.7 Å². The number of carbonyl (C=O) groups excluding carboxylic acids is 1. The number of nitrogens with zero attached hydrogens (tertiary/aromatic N) is 1. The molecular formula is C15H20N2OS. The Hall–Kier alpha value is -1.13. The third-order valence-electron chi connectivity index (χ3n) is 4.17. The molecule has 2 unspecified atom stereocenters. The van der Waals surface area contributed by atoms with Crippen molar-refractivity contribution in [1.29, 1.82) is 0 Å². The fraction of sp³-hybridized carbons (Fsp3) is 0.533. The van der Waals surface area contributed by atoms with Crippen LogP contribution in [0.3, 0.4) is 0 Å². The van der Waals surface area contributed by atoms with Crippen LogP contribution in [-0.2, 0) is 11.2 Å². The Bertz CT molecular complexity index is 494. The topological polar surface area (TPSA) is 32.3 Å². The van der Waals surface area contributed by atoms with Gasteiger partial charge >= 0.3 is 0 Å². The molecule has 0 spiro atoms. The van der Waals surface area contributed by atoms with Crippen LogP contribution in [0.5, 0.6) is 0 Å². The SMILES string of the molecule is CNC1C(=O)N(C2CC=CCC2)CCc2ccsc21. The van der Waals surface area contributed by atoms with Gasteiger partial charge in [0, 0.05) is 17.5 Å². The van der Waals surface area contributed by atoms with Crippen LogP contribution in [0.25, 0.3) is 0 Å². The number of amides is 1. The number of likely N-dealkylation sites (N-methyl/N-ethyl adjacent to an activating group) is 1. The average Bonchev–Trinajstić information content (AvgIpc) is 2.85. The highest BCUT2D eigenvalue weighted by molar-refractivity contribution is 7.10. The molecule has 4 heteroatoms. The molecule has 0 aromatic carbocycles. The lowest BCUT2D eigenvalue weighted by Crippen LogP contribution is -2.45. The molecule has 3 nitrogen and oxygen atoms in total. The molecule has 1 amide bonds. The lowest BCUT2D eigenvalue weighted by molar-refractivity contribution is -0.135. The van der Waals surface area contributed by atoms with Gasteiger partial charge in [-0.2, -0.15) is 0 Å². The number of rotatable bonds is 2. The zero-order valence-electron chi connectivity index (χ0n) is 11.3.